The Kier molecular flexibility index (Phi) is 23.4. The van der Waals surface area contributed by atoms with E-state index in [1.165, 1.54) is 4.68 Å². The quantitative estimate of drug-likeness (QED) is 0.0604. The largest absolute Gasteiger partial charge is 1.00 e. The number of fused-ring (bicyclic) bond motifs is 2. The molecule has 3 aromatic heterocycles. The smallest absolute Gasteiger partial charge is 0.334 e. The Balaban J connectivity index is 0.000000664. The molecule has 3 heterocycles. The van der Waals surface area contributed by atoms with Crippen LogP contribution in [0.15, 0.2) is 79.1 Å². The molecule has 0 fully saturated rings. The van der Waals surface area contributed by atoms with Crippen molar-refractivity contribution in [3.05, 3.63) is 79.1 Å². The second kappa shape index (κ2) is 26.5. The first kappa shape index (κ1) is 47.7. The van der Waals surface area contributed by atoms with Gasteiger partial charge in [0.15, 0.2) is 0 Å². The van der Waals surface area contributed by atoms with E-state index in [1.54, 1.807) is 63.8 Å². The van der Waals surface area contributed by atoms with Crippen LogP contribution in [-0.2, 0) is 31.0 Å². The minimum absolute atomic E-state index is 0. The zero-order chi connectivity index (χ0) is 39.8. The summed E-state index contributed by atoms with van der Waals surface area (Å²) < 4.78 is 9.29. The lowest BCUT2D eigenvalue weighted by atomic mass is 10.3. The number of benzene rings is 2. The van der Waals surface area contributed by atoms with Crippen molar-refractivity contribution in [3.8, 4) is 6.07 Å². The molecule has 0 aliphatic carbocycles. The Morgan fingerprint density at radius 1 is 0.796 bits per heavy atom. The molecule has 0 saturated heterocycles. The molecule has 0 spiro atoms. The van der Waals surface area contributed by atoms with Crippen molar-refractivity contribution in [2.45, 2.75) is 73.6 Å². The van der Waals surface area contributed by atoms with Crippen molar-refractivity contribution >= 4 is 51.8 Å². The highest BCUT2D eigenvalue weighted by atomic mass is 35.5. The highest BCUT2D eigenvalue weighted by molar-refractivity contribution is 5.88. The molecule has 0 radical (unpaired) electrons. The van der Waals surface area contributed by atoms with Crippen LogP contribution in [0, 0.1) is 11.3 Å². The fraction of sp³-hybridized carbons (Fsp3) is 0.343. The molecule has 0 aliphatic heterocycles. The standard InChI is InChI=1S/C9H9N3O2.C9H9N3O.C7H11N2O.C7H9NO2.C3H7NO2.ClH/c1-2-9(13)14-12-8-6-4-3-5-7(8)10-11-12;1-2-9(13)12-8-6-4-3-5-7(8)10-11-12;1-3-7(10)9-5-4-8(2)6-9;1-3-7(9)10-5-6(2)4-8;1-2-3(5)6-4;/h3-6H,2H2,1H3;3-6H,2H2,1H3;4-6H,3H2,1-2H3;5H,3H2,1-2H3;2,4H2,1H3;1H/q;;+1;;;/p-1/b;;;6-5-;;. The minimum Gasteiger partial charge on any atom is -1.00 e. The second-order valence-electron chi connectivity index (χ2n) is 10.3. The van der Waals surface area contributed by atoms with Gasteiger partial charge >= 0.3 is 23.8 Å². The highest BCUT2D eigenvalue weighted by Gasteiger charge is 2.09. The van der Waals surface area contributed by atoms with Crippen molar-refractivity contribution in [1.29, 1.82) is 5.26 Å². The zero-order valence-electron chi connectivity index (χ0n) is 31.2. The number of para-hydroxylation sites is 2. The third kappa shape index (κ3) is 16.8. The summed E-state index contributed by atoms with van der Waals surface area (Å²) in [5.74, 6) is 3.49. The monoisotopic (exact) mass is 768 g/mol. The Labute approximate surface area is 318 Å². The molecule has 54 heavy (non-hydrogen) atoms. The van der Waals surface area contributed by atoms with Crippen molar-refractivity contribution in [3.63, 3.8) is 0 Å². The van der Waals surface area contributed by atoms with Crippen LogP contribution in [0.3, 0.4) is 0 Å². The van der Waals surface area contributed by atoms with Crippen LogP contribution in [-0.4, -0.2) is 64.4 Å². The van der Waals surface area contributed by atoms with Crippen LogP contribution in [0.2, 0.25) is 0 Å². The van der Waals surface area contributed by atoms with E-state index in [0.29, 0.717) is 48.7 Å². The summed E-state index contributed by atoms with van der Waals surface area (Å²) in [5, 5.41) is 23.4. The summed E-state index contributed by atoms with van der Waals surface area (Å²) >= 11 is 0. The average Bonchev–Trinajstić information content (AvgIpc) is 3.95. The number of aromatic nitrogens is 8. The Morgan fingerprint density at radius 2 is 1.33 bits per heavy atom. The number of carbonyl (C=O) groups excluding carboxylic acids is 5. The van der Waals surface area contributed by atoms with Crippen molar-refractivity contribution in [2.24, 2.45) is 12.9 Å². The molecule has 5 aromatic rings. The number of esters is 1. The number of halogens is 1. The van der Waals surface area contributed by atoms with E-state index in [1.807, 2.05) is 67.2 Å². The topological polar surface area (TPSA) is 233 Å². The molecule has 0 amide bonds. The Hall–Kier alpha value is -6.32. The number of carbonyl (C=O) groups is 5. The molecule has 18 nitrogen and oxygen atoms in total. The van der Waals surface area contributed by atoms with E-state index < -0.39 is 0 Å². The Morgan fingerprint density at radius 3 is 1.81 bits per heavy atom. The molecule has 19 heteroatoms. The maximum absolute atomic E-state index is 11.3. The number of hydrogen-bond donors (Lipinski definition) is 1. The van der Waals surface area contributed by atoms with Crippen molar-refractivity contribution in [1.82, 2.24) is 34.7 Å². The molecular weight excluding hydrogens is 724 g/mol. The predicted octanol–water partition coefficient (Wildman–Crippen LogP) is 0.825. The molecule has 5 rings (SSSR count). The first-order valence-electron chi connectivity index (χ1n) is 16.5. The van der Waals surface area contributed by atoms with E-state index in [0.717, 1.165) is 22.1 Å². The minimum atomic E-state index is -0.380. The van der Waals surface area contributed by atoms with E-state index >= 15 is 0 Å². The summed E-state index contributed by atoms with van der Waals surface area (Å²) in [4.78, 5) is 63.4. The average molecular weight is 769 g/mol. The van der Waals surface area contributed by atoms with Gasteiger partial charge in [0.25, 0.3) is 6.33 Å². The second-order valence-corrected chi connectivity index (χ2v) is 10.3. The van der Waals surface area contributed by atoms with Gasteiger partial charge in [0.1, 0.15) is 35.2 Å². The number of aryl methyl sites for hydroxylation is 1. The third-order valence-corrected chi connectivity index (χ3v) is 6.30. The number of imidazole rings is 1. The molecule has 290 valence electrons. The summed E-state index contributed by atoms with van der Waals surface area (Å²) in [6.45, 7) is 10.3. The fourth-order valence-corrected chi connectivity index (χ4v) is 3.41. The molecule has 2 aromatic carbocycles. The van der Waals surface area contributed by atoms with E-state index in [4.69, 9.17) is 10.1 Å². The summed E-state index contributed by atoms with van der Waals surface area (Å²) in [7, 11) is 1.89. The lowest BCUT2D eigenvalue weighted by Gasteiger charge is -1.99. The van der Waals surface area contributed by atoms with Gasteiger partial charge in [-0.1, -0.05) is 68.9 Å². The molecule has 0 unspecified atom stereocenters. The SMILES string of the molecule is CCC(=O)O/C=C(/C)C#N.CCC(=O)ON.CCC(=O)On1nnc2ccccc21.CCC(=O)n1cc[n+](C)c1.CCC(=O)n1nnc2ccccc21.[Cl-]. The van der Waals surface area contributed by atoms with Gasteiger partial charge in [0.2, 0.25) is 5.91 Å². The van der Waals surface area contributed by atoms with Crippen LogP contribution in [0.1, 0.15) is 83.2 Å². The molecule has 0 aliphatic rings. The van der Waals surface area contributed by atoms with Gasteiger partial charge in [-0.2, -0.15) is 20.4 Å². The number of nitrogens with two attached hydrogens (primary N) is 1. The number of hydrogen-bond acceptors (Lipinski definition) is 14. The molecular formula is C35H45ClN10O8. The number of ether oxygens (including phenoxy) is 1. The fourth-order valence-electron chi connectivity index (χ4n) is 3.41. The molecule has 0 saturated carbocycles. The van der Waals surface area contributed by atoms with E-state index in [9.17, 15) is 24.0 Å². The van der Waals surface area contributed by atoms with Crippen molar-refractivity contribution < 1.29 is 55.4 Å². The number of nitriles is 1. The van der Waals surface area contributed by atoms with Gasteiger partial charge in [-0.15, -0.1) is 10.2 Å². The van der Waals surface area contributed by atoms with Gasteiger partial charge in [-0.25, -0.2) is 14.2 Å². The number of nitrogens with zero attached hydrogens (tertiary/aromatic N) is 9. The van der Waals surface area contributed by atoms with E-state index in [2.05, 4.69) is 36.1 Å². The van der Waals surface area contributed by atoms with Crippen LogP contribution < -0.4 is 27.7 Å². The zero-order valence-corrected chi connectivity index (χ0v) is 32.0. The molecule has 0 atom stereocenters. The van der Waals surface area contributed by atoms with Crippen LogP contribution in [0.25, 0.3) is 22.1 Å². The molecule has 2 N–H and O–H groups in total. The first-order valence-corrected chi connectivity index (χ1v) is 16.5. The van der Waals surface area contributed by atoms with Crippen LogP contribution in [0.5, 0.6) is 0 Å². The van der Waals surface area contributed by atoms with Gasteiger partial charge in [-0.3, -0.25) is 14.4 Å². The summed E-state index contributed by atoms with van der Waals surface area (Å²) in [5.41, 5.74) is 3.31. The van der Waals surface area contributed by atoms with Gasteiger partial charge in [0.05, 0.1) is 24.2 Å². The van der Waals surface area contributed by atoms with E-state index in [-0.39, 0.29) is 42.1 Å². The molecule has 0 bridgehead atoms. The highest BCUT2D eigenvalue weighted by Crippen LogP contribution is 2.10. The Bertz CT molecular complexity index is 2010. The maximum atomic E-state index is 11.3. The summed E-state index contributed by atoms with van der Waals surface area (Å²) in [6, 6.07) is 16.5. The first-order chi connectivity index (χ1) is 25.4. The van der Waals surface area contributed by atoms with Crippen LogP contribution >= 0.6 is 0 Å². The lowest BCUT2D eigenvalue weighted by molar-refractivity contribution is -0.670. The third-order valence-electron chi connectivity index (χ3n) is 6.30. The van der Waals surface area contributed by atoms with Gasteiger partial charge in [-0.05, 0) is 36.4 Å². The summed E-state index contributed by atoms with van der Waals surface area (Å²) in [6.07, 6.45) is 8.49. The lowest BCUT2D eigenvalue weighted by Crippen LogP contribution is -3.00. The maximum Gasteiger partial charge on any atom is 0.334 e. The van der Waals surface area contributed by atoms with Crippen molar-refractivity contribution in [2.75, 3.05) is 0 Å². The van der Waals surface area contributed by atoms with Crippen LogP contribution in [0.4, 0.5) is 0 Å². The predicted molar refractivity (Wildman–Crippen MR) is 191 cm³/mol. The van der Waals surface area contributed by atoms with Gasteiger partial charge in [0, 0.05) is 32.1 Å². The normalized spacial score (nSPS) is 9.80. The van der Waals surface area contributed by atoms with Gasteiger partial charge < -0.3 is 26.8 Å². The number of allylic oxidation sites excluding steroid dienone is 1. The number of rotatable bonds is 7.